The van der Waals surface area contributed by atoms with E-state index in [-0.39, 0.29) is 0 Å². The Balaban J connectivity index is 3.57. The molecule has 1 N–H and O–H groups in total. The molecule has 0 rings (SSSR count). The van der Waals surface area contributed by atoms with Crippen molar-refractivity contribution >= 4 is 5.97 Å². The lowest BCUT2D eigenvalue weighted by atomic mass is 10.1. The third kappa shape index (κ3) is 6.86. The van der Waals surface area contributed by atoms with Gasteiger partial charge >= 0.3 is 5.97 Å². The van der Waals surface area contributed by atoms with Gasteiger partial charge in [-0.3, -0.25) is 0 Å². The predicted octanol–water partition coefficient (Wildman–Crippen LogP) is 1.68. The third-order valence-corrected chi connectivity index (χ3v) is 1.85. The molecule has 0 saturated carbocycles. The maximum absolute atomic E-state index is 10.7. The summed E-state index contributed by atoms with van der Waals surface area (Å²) in [5.74, 6) is -0.880. The highest BCUT2D eigenvalue weighted by atomic mass is 16.5. The molecule has 14 heavy (non-hydrogen) atoms. The van der Waals surface area contributed by atoms with E-state index in [0.29, 0.717) is 26.2 Å². The van der Waals surface area contributed by atoms with E-state index in [0.717, 1.165) is 12.8 Å². The average Bonchev–Trinajstić information content (AvgIpc) is 2.16. The summed E-state index contributed by atoms with van der Waals surface area (Å²) in [4.78, 5) is 10.7. The van der Waals surface area contributed by atoms with Gasteiger partial charge in [0.2, 0.25) is 0 Å². The summed E-state index contributed by atoms with van der Waals surface area (Å²) in [5.41, 5.74) is 0. The van der Waals surface area contributed by atoms with Crippen LogP contribution in [-0.4, -0.2) is 37.0 Å². The Labute approximate surface area is 85.2 Å². The predicted molar refractivity (Wildman–Crippen MR) is 53.4 cm³/mol. The van der Waals surface area contributed by atoms with Crippen LogP contribution in [0.4, 0.5) is 0 Å². The number of hydrogen-bond acceptors (Lipinski definition) is 3. The Morgan fingerprint density at radius 1 is 1.36 bits per heavy atom. The summed E-state index contributed by atoms with van der Waals surface area (Å²) in [7, 11) is 0. The van der Waals surface area contributed by atoms with Crippen LogP contribution in [0.15, 0.2) is 0 Å². The highest BCUT2D eigenvalue weighted by Gasteiger charge is 2.16. The van der Waals surface area contributed by atoms with Crippen molar-refractivity contribution in [2.24, 2.45) is 0 Å². The van der Waals surface area contributed by atoms with Crippen LogP contribution in [0.1, 0.15) is 33.1 Å². The summed E-state index contributed by atoms with van der Waals surface area (Å²) in [6.45, 7) is 5.38. The SMILES string of the molecule is CCCCC(OCCOCC)C(=O)O. The number of carbonyl (C=O) groups is 1. The van der Waals surface area contributed by atoms with Crippen molar-refractivity contribution in [2.45, 2.75) is 39.2 Å². The van der Waals surface area contributed by atoms with Gasteiger partial charge in [-0.2, -0.15) is 0 Å². The molecular weight excluding hydrogens is 184 g/mol. The molecule has 4 nitrogen and oxygen atoms in total. The van der Waals surface area contributed by atoms with Crippen LogP contribution in [0.3, 0.4) is 0 Å². The molecule has 4 heteroatoms. The smallest absolute Gasteiger partial charge is 0.332 e. The Kier molecular flexibility index (Phi) is 8.57. The quantitative estimate of drug-likeness (QED) is 0.580. The van der Waals surface area contributed by atoms with E-state index in [4.69, 9.17) is 14.6 Å². The van der Waals surface area contributed by atoms with Gasteiger partial charge in [0, 0.05) is 6.61 Å². The molecule has 0 saturated heterocycles. The Bertz CT molecular complexity index is 147. The topological polar surface area (TPSA) is 55.8 Å². The number of ether oxygens (including phenoxy) is 2. The molecule has 0 heterocycles. The van der Waals surface area contributed by atoms with Crippen LogP contribution in [0.25, 0.3) is 0 Å². The second-order valence-electron chi connectivity index (χ2n) is 3.04. The Morgan fingerprint density at radius 3 is 2.57 bits per heavy atom. The van der Waals surface area contributed by atoms with Gasteiger partial charge in [0.05, 0.1) is 13.2 Å². The van der Waals surface area contributed by atoms with Crippen molar-refractivity contribution in [3.8, 4) is 0 Å². The molecule has 0 radical (unpaired) electrons. The minimum absolute atomic E-state index is 0.356. The van der Waals surface area contributed by atoms with Crippen LogP contribution >= 0.6 is 0 Å². The van der Waals surface area contributed by atoms with Gasteiger partial charge in [0.15, 0.2) is 6.10 Å². The molecule has 0 aliphatic heterocycles. The summed E-state index contributed by atoms with van der Waals surface area (Å²) in [6, 6.07) is 0. The molecular formula is C10H20O4. The number of hydrogen-bond donors (Lipinski definition) is 1. The Morgan fingerprint density at radius 2 is 2.07 bits per heavy atom. The maximum Gasteiger partial charge on any atom is 0.332 e. The van der Waals surface area contributed by atoms with E-state index in [9.17, 15) is 4.79 Å². The van der Waals surface area contributed by atoms with Crippen LogP contribution in [0.5, 0.6) is 0 Å². The van der Waals surface area contributed by atoms with Gasteiger partial charge in [0.25, 0.3) is 0 Å². The van der Waals surface area contributed by atoms with Gasteiger partial charge in [0.1, 0.15) is 0 Å². The molecule has 0 aromatic rings. The molecule has 1 atom stereocenters. The monoisotopic (exact) mass is 204 g/mol. The lowest BCUT2D eigenvalue weighted by Crippen LogP contribution is -2.25. The number of unbranched alkanes of at least 4 members (excludes halogenated alkanes) is 1. The first-order chi connectivity index (χ1) is 6.72. The largest absolute Gasteiger partial charge is 0.479 e. The number of carboxylic acid groups (broad SMARTS) is 1. The van der Waals surface area contributed by atoms with Crippen molar-refractivity contribution in [3.05, 3.63) is 0 Å². The molecule has 0 aromatic carbocycles. The average molecular weight is 204 g/mol. The lowest BCUT2D eigenvalue weighted by Gasteiger charge is -2.12. The fourth-order valence-electron chi connectivity index (χ4n) is 1.06. The highest BCUT2D eigenvalue weighted by molar-refractivity contribution is 5.72. The molecule has 84 valence electrons. The standard InChI is InChI=1S/C10H20O4/c1-3-5-6-9(10(11)12)14-8-7-13-4-2/h9H,3-8H2,1-2H3,(H,11,12). The summed E-state index contributed by atoms with van der Waals surface area (Å²) < 4.78 is 10.2. The third-order valence-electron chi connectivity index (χ3n) is 1.85. The highest BCUT2D eigenvalue weighted by Crippen LogP contribution is 2.04. The molecule has 0 bridgehead atoms. The Hall–Kier alpha value is -0.610. The van der Waals surface area contributed by atoms with Crippen LogP contribution in [0.2, 0.25) is 0 Å². The molecule has 0 aromatic heterocycles. The second-order valence-corrected chi connectivity index (χ2v) is 3.04. The van der Waals surface area contributed by atoms with Crippen LogP contribution < -0.4 is 0 Å². The minimum atomic E-state index is -0.880. The zero-order valence-electron chi connectivity index (χ0n) is 8.99. The normalized spacial score (nSPS) is 12.7. The van der Waals surface area contributed by atoms with E-state index in [1.54, 1.807) is 0 Å². The summed E-state index contributed by atoms with van der Waals surface area (Å²) in [6.07, 6.45) is 1.78. The molecule has 0 fully saturated rings. The van der Waals surface area contributed by atoms with Crippen molar-refractivity contribution < 1.29 is 19.4 Å². The summed E-state index contributed by atoms with van der Waals surface area (Å²) >= 11 is 0. The molecule has 0 aliphatic rings. The van der Waals surface area contributed by atoms with E-state index < -0.39 is 12.1 Å². The number of carboxylic acids is 1. The zero-order valence-corrected chi connectivity index (χ0v) is 8.99. The molecule has 0 amide bonds. The maximum atomic E-state index is 10.7. The fourth-order valence-corrected chi connectivity index (χ4v) is 1.06. The van der Waals surface area contributed by atoms with Crippen molar-refractivity contribution in [3.63, 3.8) is 0 Å². The number of rotatable bonds is 9. The van der Waals surface area contributed by atoms with Crippen molar-refractivity contribution in [1.82, 2.24) is 0 Å². The number of aliphatic carboxylic acids is 1. The van der Waals surface area contributed by atoms with Crippen LogP contribution in [0, 0.1) is 0 Å². The van der Waals surface area contributed by atoms with E-state index in [2.05, 4.69) is 0 Å². The van der Waals surface area contributed by atoms with E-state index in [1.807, 2.05) is 13.8 Å². The second kappa shape index (κ2) is 8.97. The first-order valence-electron chi connectivity index (χ1n) is 5.14. The van der Waals surface area contributed by atoms with Crippen molar-refractivity contribution in [1.29, 1.82) is 0 Å². The van der Waals surface area contributed by atoms with Gasteiger partial charge in [-0.25, -0.2) is 4.79 Å². The molecule has 0 spiro atoms. The first-order valence-corrected chi connectivity index (χ1v) is 5.14. The van der Waals surface area contributed by atoms with E-state index in [1.165, 1.54) is 0 Å². The first kappa shape index (κ1) is 13.4. The van der Waals surface area contributed by atoms with Crippen molar-refractivity contribution in [2.75, 3.05) is 19.8 Å². The van der Waals surface area contributed by atoms with Gasteiger partial charge in [-0.1, -0.05) is 19.8 Å². The van der Waals surface area contributed by atoms with Gasteiger partial charge in [-0.15, -0.1) is 0 Å². The molecule has 1 unspecified atom stereocenters. The summed E-state index contributed by atoms with van der Waals surface area (Å²) in [5, 5.41) is 8.79. The van der Waals surface area contributed by atoms with E-state index >= 15 is 0 Å². The van der Waals surface area contributed by atoms with Gasteiger partial charge in [-0.05, 0) is 13.3 Å². The van der Waals surface area contributed by atoms with Gasteiger partial charge < -0.3 is 14.6 Å². The zero-order chi connectivity index (χ0) is 10.8. The lowest BCUT2D eigenvalue weighted by molar-refractivity contribution is -0.151. The minimum Gasteiger partial charge on any atom is -0.479 e. The van der Waals surface area contributed by atoms with Crippen LogP contribution in [-0.2, 0) is 14.3 Å². The molecule has 0 aliphatic carbocycles. The fraction of sp³-hybridized carbons (Fsp3) is 0.900.